The number of carbonyl (C=O) groups excluding carboxylic acids is 1. The minimum Gasteiger partial charge on any atom is -0.376 e. The standard InChI is InChI=1S/C10H21N3O2/c1-2-15-8(6-11)7-13-5-3-4-9(13)10(12)14/h8-9H,2-7,11H2,1H3,(H2,12,14). The zero-order valence-electron chi connectivity index (χ0n) is 9.32. The minimum absolute atomic E-state index is 0.00921. The Morgan fingerprint density at radius 2 is 2.40 bits per heavy atom. The van der Waals surface area contributed by atoms with E-state index in [0.717, 1.165) is 19.4 Å². The number of carbonyl (C=O) groups is 1. The van der Waals surface area contributed by atoms with Crippen molar-refractivity contribution in [3.05, 3.63) is 0 Å². The number of nitrogens with zero attached hydrogens (tertiary/aromatic N) is 1. The van der Waals surface area contributed by atoms with Crippen molar-refractivity contribution in [1.82, 2.24) is 4.90 Å². The lowest BCUT2D eigenvalue weighted by Crippen LogP contribution is -2.45. The number of hydrogen-bond acceptors (Lipinski definition) is 4. The number of hydrogen-bond donors (Lipinski definition) is 2. The molecule has 0 aliphatic carbocycles. The Bertz CT molecular complexity index is 211. The molecule has 2 atom stereocenters. The molecule has 0 aromatic heterocycles. The highest BCUT2D eigenvalue weighted by molar-refractivity contribution is 5.80. The van der Waals surface area contributed by atoms with Gasteiger partial charge in [-0.3, -0.25) is 9.69 Å². The first-order valence-corrected chi connectivity index (χ1v) is 5.54. The first-order chi connectivity index (χ1) is 7.19. The van der Waals surface area contributed by atoms with E-state index >= 15 is 0 Å². The lowest BCUT2D eigenvalue weighted by atomic mass is 10.2. The van der Waals surface area contributed by atoms with Gasteiger partial charge in [0.1, 0.15) is 0 Å². The third kappa shape index (κ3) is 3.44. The van der Waals surface area contributed by atoms with Crippen molar-refractivity contribution in [2.45, 2.75) is 31.9 Å². The van der Waals surface area contributed by atoms with Crippen LogP contribution in [-0.2, 0) is 9.53 Å². The molecule has 4 N–H and O–H groups in total. The fourth-order valence-corrected chi connectivity index (χ4v) is 2.06. The first-order valence-electron chi connectivity index (χ1n) is 5.54. The molecule has 0 radical (unpaired) electrons. The SMILES string of the molecule is CCOC(CN)CN1CCCC1C(N)=O. The van der Waals surface area contributed by atoms with Crippen LogP contribution in [0.1, 0.15) is 19.8 Å². The molecule has 0 saturated carbocycles. The Labute approximate surface area is 90.7 Å². The molecule has 1 aliphatic heterocycles. The second-order valence-electron chi connectivity index (χ2n) is 3.87. The van der Waals surface area contributed by atoms with E-state index in [1.807, 2.05) is 6.92 Å². The van der Waals surface area contributed by atoms with Gasteiger partial charge in [0.05, 0.1) is 12.1 Å². The van der Waals surface area contributed by atoms with Crippen molar-refractivity contribution in [2.75, 3.05) is 26.2 Å². The molecule has 0 bridgehead atoms. The second-order valence-corrected chi connectivity index (χ2v) is 3.87. The number of primary amides is 1. The van der Waals surface area contributed by atoms with E-state index in [4.69, 9.17) is 16.2 Å². The second kappa shape index (κ2) is 6.05. The molecule has 5 heteroatoms. The van der Waals surface area contributed by atoms with Crippen LogP contribution in [0.3, 0.4) is 0 Å². The molecular formula is C10H21N3O2. The minimum atomic E-state index is -0.236. The van der Waals surface area contributed by atoms with Gasteiger partial charge in [-0.25, -0.2) is 0 Å². The van der Waals surface area contributed by atoms with Crippen molar-refractivity contribution >= 4 is 5.91 Å². The predicted octanol–water partition coefficient (Wildman–Crippen LogP) is -0.700. The number of amides is 1. The van der Waals surface area contributed by atoms with Crippen LogP contribution in [0.25, 0.3) is 0 Å². The van der Waals surface area contributed by atoms with Gasteiger partial charge >= 0.3 is 0 Å². The Morgan fingerprint density at radius 1 is 1.67 bits per heavy atom. The summed E-state index contributed by atoms with van der Waals surface area (Å²) in [4.78, 5) is 13.2. The quantitative estimate of drug-likeness (QED) is 0.614. The smallest absolute Gasteiger partial charge is 0.234 e. The summed E-state index contributed by atoms with van der Waals surface area (Å²) in [7, 11) is 0. The summed E-state index contributed by atoms with van der Waals surface area (Å²) in [5.41, 5.74) is 10.9. The maximum absolute atomic E-state index is 11.1. The van der Waals surface area contributed by atoms with Gasteiger partial charge in [-0.05, 0) is 26.3 Å². The van der Waals surface area contributed by atoms with Crippen LogP contribution in [0.15, 0.2) is 0 Å². The topological polar surface area (TPSA) is 81.6 Å². The summed E-state index contributed by atoms with van der Waals surface area (Å²) in [6, 6.07) is -0.125. The Balaban J connectivity index is 2.44. The predicted molar refractivity (Wildman–Crippen MR) is 58.3 cm³/mol. The van der Waals surface area contributed by atoms with Crippen LogP contribution < -0.4 is 11.5 Å². The van der Waals surface area contributed by atoms with Crippen LogP contribution in [0.5, 0.6) is 0 Å². The molecule has 0 spiro atoms. The van der Waals surface area contributed by atoms with Crippen molar-refractivity contribution in [3.63, 3.8) is 0 Å². The molecule has 1 amide bonds. The van der Waals surface area contributed by atoms with E-state index in [1.54, 1.807) is 0 Å². The van der Waals surface area contributed by atoms with E-state index in [2.05, 4.69) is 4.90 Å². The lowest BCUT2D eigenvalue weighted by Gasteiger charge is -2.26. The van der Waals surface area contributed by atoms with E-state index in [1.165, 1.54) is 0 Å². The summed E-state index contributed by atoms with van der Waals surface area (Å²) in [6.07, 6.45) is 1.89. The molecule has 88 valence electrons. The van der Waals surface area contributed by atoms with Crippen LogP contribution in [0.2, 0.25) is 0 Å². The number of ether oxygens (including phenoxy) is 1. The molecule has 5 nitrogen and oxygen atoms in total. The van der Waals surface area contributed by atoms with Gasteiger partial charge in [-0.2, -0.15) is 0 Å². The first kappa shape index (κ1) is 12.4. The molecule has 0 aromatic rings. The molecule has 15 heavy (non-hydrogen) atoms. The van der Waals surface area contributed by atoms with Crippen LogP contribution in [-0.4, -0.2) is 49.2 Å². The fourth-order valence-electron chi connectivity index (χ4n) is 2.06. The highest BCUT2D eigenvalue weighted by atomic mass is 16.5. The number of likely N-dealkylation sites (tertiary alicyclic amines) is 1. The summed E-state index contributed by atoms with van der Waals surface area (Å²) in [5.74, 6) is -0.236. The molecule has 2 unspecified atom stereocenters. The van der Waals surface area contributed by atoms with E-state index < -0.39 is 0 Å². The maximum Gasteiger partial charge on any atom is 0.234 e. The van der Waals surface area contributed by atoms with Crippen molar-refractivity contribution in [1.29, 1.82) is 0 Å². The van der Waals surface area contributed by atoms with Gasteiger partial charge in [-0.15, -0.1) is 0 Å². The largest absolute Gasteiger partial charge is 0.376 e. The number of nitrogens with two attached hydrogens (primary N) is 2. The Hall–Kier alpha value is -0.650. The van der Waals surface area contributed by atoms with Crippen molar-refractivity contribution in [3.8, 4) is 0 Å². The summed E-state index contributed by atoms with van der Waals surface area (Å²) in [5, 5.41) is 0. The Morgan fingerprint density at radius 3 is 2.93 bits per heavy atom. The molecule has 1 rings (SSSR count). The zero-order valence-corrected chi connectivity index (χ0v) is 9.32. The van der Waals surface area contributed by atoms with Crippen LogP contribution in [0.4, 0.5) is 0 Å². The molecule has 1 aliphatic rings. The zero-order chi connectivity index (χ0) is 11.3. The molecular weight excluding hydrogens is 194 g/mol. The third-order valence-electron chi connectivity index (χ3n) is 2.80. The molecule has 1 heterocycles. The molecule has 0 aromatic carbocycles. The van der Waals surface area contributed by atoms with Gasteiger partial charge in [0.15, 0.2) is 0 Å². The average Bonchev–Trinajstić information content (AvgIpc) is 2.65. The molecule has 1 fully saturated rings. The maximum atomic E-state index is 11.1. The lowest BCUT2D eigenvalue weighted by molar-refractivity contribution is -0.122. The normalized spacial score (nSPS) is 24.3. The van der Waals surface area contributed by atoms with Crippen molar-refractivity contribution in [2.24, 2.45) is 11.5 Å². The van der Waals surface area contributed by atoms with Gasteiger partial charge < -0.3 is 16.2 Å². The van der Waals surface area contributed by atoms with Gasteiger partial charge in [-0.1, -0.05) is 0 Å². The van der Waals surface area contributed by atoms with E-state index in [0.29, 0.717) is 19.7 Å². The van der Waals surface area contributed by atoms with E-state index in [9.17, 15) is 4.79 Å². The summed E-state index contributed by atoms with van der Waals surface area (Å²) in [6.45, 7) is 4.69. The average molecular weight is 215 g/mol. The van der Waals surface area contributed by atoms with Crippen molar-refractivity contribution < 1.29 is 9.53 Å². The fraction of sp³-hybridized carbons (Fsp3) is 0.900. The van der Waals surface area contributed by atoms with Gasteiger partial charge in [0.25, 0.3) is 0 Å². The summed E-state index contributed by atoms with van der Waals surface area (Å²) < 4.78 is 5.46. The van der Waals surface area contributed by atoms with Gasteiger partial charge in [0, 0.05) is 19.7 Å². The summed E-state index contributed by atoms with van der Waals surface area (Å²) >= 11 is 0. The van der Waals surface area contributed by atoms with E-state index in [-0.39, 0.29) is 18.1 Å². The van der Waals surface area contributed by atoms with Gasteiger partial charge in [0.2, 0.25) is 5.91 Å². The highest BCUT2D eigenvalue weighted by Gasteiger charge is 2.30. The third-order valence-corrected chi connectivity index (χ3v) is 2.80. The monoisotopic (exact) mass is 215 g/mol. The highest BCUT2D eigenvalue weighted by Crippen LogP contribution is 2.17. The van der Waals surface area contributed by atoms with Crippen LogP contribution >= 0.6 is 0 Å². The Kier molecular flexibility index (Phi) is 5.01. The number of rotatable bonds is 6. The molecule has 1 saturated heterocycles. The van der Waals surface area contributed by atoms with Crippen LogP contribution in [0, 0.1) is 0 Å².